The maximum atomic E-state index is 4.01. The highest BCUT2D eigenvalue weighted by molar-refractivity contribution is 5.60. The van der Waals surface area contributed by atoms with Crippen molar-refractivity contribution in [2.75, 3.05) is 5.32 Å². The molecule has 0 atom stereocenters. The molecular formula is C8H8N2. The van der Waals surface area contributed by atoms with Crippen LogP contribution in [-0.2, 0) is 6.42 Å². The number of hydrogen-bond acceptors (Lipinski definition) is 2. The van der Waals surface area contributed by atoms with Crippen molar-refractivity contribution in [3.8, 4) is 0 Å². The van der Waals surface area contributed by atoms with Gasteiger partial charge < -0.3 is 5.32 Å². The lowest BCUT2D eigenvalue weighted by molar-refractivity contribution is 1.21. The average molecular weight is 132 g/mol. The highest BCUT2D eigenvalue weighted by Crippen LogP contribution is 2.24. The minimum atomic E-state index is 0.920. The lowest BCUT2D eigenvalue weighted by Gasteiger charge is -1.94. The van der Waals surface area contributed by atoms with Crippen LogP contribution >= 0.6 is 0 Å². The summed E-state index contributed by atoms with van der Waals surface area (Å²) in [4.78, 5) is 4.01. The van der Waals surface area contributed by atoms with Crippen LogP contribution in [0.25, 0.3) is 0 Å². The first kappa shape index (κ1) is 5.47. The van der Waals surface area contributed by atoms with E-state index in [-0.39, 0.29) is 0 Å². The van der Waals surface area contributed by atoms with Crippen molar-refractivity contribution >= 4 is 5.69 Å². The van der Waals surface area contributed by atoms with Crippen LogP contribution in [0.15, 0.2) is 30.7 Å². The van der Waals surface area contributed by atoms with Gasteiger partial charge >= 0.3 is 0 Å². The second-order valence-electron chi connectivity index (χ2n) is 2.44. The van der Waals surface area contributed by atoms with Gasteiger partial charge in [0.05, 0.1) is 0 Å². The van der Waals surface area contributed by atoms with Gasteiger partial charge in [0.25, 0.3) is 0 Å². The number of nitrogens with zero attached hydrogens (tertiary/aromatic N) is 1. The summed E-state index contributed by atoms with van der Waals surface area (Å²) in [5.74, 6) is 0. The van der Waals surface area contributed by atoms with Gasteiger partial charge in [-0.2, -0.15) is 0 Å². The van der Waals surface area contributed by atoms with E-state index >= 15 is 0 Å². The van der Waals surface area contributed by atoms with E-state index in [1.165, 1.54) is 5.56 Å². The van der Waals surface area contributed by atoms with Crippen molar-refractivity contribution < 1.29 is 0 Å². The molecule has 0 aliphatic carbocycles. The van der Waals surface area contributed by atoms with E-state index in [2.05, 4.69) is 16.9 Å². The van der Waals surface area contributed by atoms with Crippen LogP contribution in [0.4, 0.5) is 5.69 Å². The number of nitrogens with one attached hydrogen (secondary N) is 1. The summed E-state index contributed by atoms with van der Waals surface area (Å²) in [6, 6.07) is 1.97. The molecule has 0 aromatic carbocycles. The van der Waals surface area contributed by atoms with E-state index < -0.39 is 0 Å². The van der Waals surface area contributed by atoms with Crippen molar-refractivity contribution in [2.24, 2.45) is 0 Å². The quantitative estimate of drug-likeness (QED) is 0.579. The molecule has 2 nitrogen and oxygen atoms in total. The second-order valence-corrected chi connectivity index (χ2v) is 2.44. The summed E-state index contributed by atoms with van der Waals surface area (Å²) < 4.78 is 0. The maximum absolute atomic E-state index is 4.01. The van der Waals surface area contributed by atoms with Crippen LogP contribution in [0.2, 0.25) is 0 Å². The molecule has 1 aromatic heterocycles. The largest absolute Gasteiger partial charge is 0.359 e. The Balaban J connectivity index is 2.51. The number of fused-ring (bicyclic) bond motifs is 1. The Morgan fingerprint density at radius 2 is 2.50 bits per heavy atom. The van der Waals surface area contributed by atoms with Crippen LogP contribution in [0, 0.1) is 0 Å². The molecule has 0 unspecified atom stereocenters. The van der Waals surface area contributed by atoms with Gasteiger partial charge in [-0.1, -0.05) is 6.58 Å². The predicted molar refractivity (Wildman–Crippen MR) is 40.7 cm³/mol. The van der Waals surface area contributed by atoms with Crippen LogP contribution in [0.1, 0.15) is 5.56 Å². The van der Waals surface area contributed by atoms with Gasteiger partial charge in [0.2, 0.25) is 0 Å². The van der Waals surface area contributed by atoms with E-state index in [1.807, 2.05) is 12.3 Å². The summed E-state index contributed by atoms with van der Waals surface area (Å²) in [7, 11) is 0. The molecule has 2 heterocycles. The first-order valence-electron chi connectivity index (χ1n) is 3.24. The van der Waals surface area contributed by atoms with Gasteiger partial charge in [0, 0.05) is 30.2 Å². The molecule has 1 aliphatic heterocycles. The van der Waals surface area contributed by atoms with Gasteiger partial charge in [-0.15, -0.1) is 0 Å². The Hall–Kier alpha value is -1.31. The van der Waals surface area contributed by atoms with Gasteiger partial charge in [0.1, 0.15) is 0 Å². The van der Waals surface area contributed by atoms with Crippen molar-refractivity contribution in [1.82, 2.24) is 4.98 Å². The average Bonchev–Trinajstić information content (AvgIpc) is 2.27. The first-order valence-corrected chi connectivity index (χ1v) is 3.24. The molecule has 10 heavy (non-hydrogen) atoms. The Kier molecular flexibility index (Phi) is 1.01. The summed E-state index contributed by atoms with van der Waals surface area (Å²) in [6.45, 7) is 3.83. The van der Waals surface area contributed by atoms with Crippen LogP contribution in [0.3, 0.4) is 0 Å². The number of pyridine rings is 1. The third kappa shape index (κ3) is 0.692. The molecule has 0 amide bonds. The Labute approximate surface area is 59.6 Å². The minimum Gasteiger partial charge on any atom is -0.359 e. The smallest absolute Gasteiger partial charge is 0.0449 e. The Morgan fingerprint density at radius 3 is 3.30 bits per heavy atom. The molecule has 50 valence electrons. The molecule has 0 saturated carbocycles. The normalized spacial score (nSPS) is 14.6. The third-order valence-corrected chi connectivity index (χ3v) is 1.62. The topological polar surface area (TPSA) is 24.9 Å². The molecule has 0 spiro atoms. The van der Waals surface area contributed by atoms with E-state index in [0.717, 1.165) is 17.8 Å². The van der Waals surface area contributed by atoms with Crippen LogP contribution in [-0.4, -0.2) is 4.98 Å². The standard InChI is InChI=1S/C8H8N2/c1-6-4-7-5-9-3-2-8(7)10-6/h2-3,5,10H,1,4H2. The summed E-state index contributed by atoms with van der Waals surface area (Å²) >= 11 is 0. The molecule has 0 radical (unpaired) electrons. The van der Waals surface area contributed by atoms with Crippen molar-refractivity contribution in [3.63, 3.8) is 0 Å². The lowest BCUT2D eigenvalue weighted by atomic mass is 10.2. The van der Waals surface area contributed by atoms with Gasteiger partial charge in [0.15, 0.2) is 0 Å². The molecular weight excluding hydrogens is 124 g/mol. The molecule has 1 aromatic rings. The zero-order valence-corrected chi connectivity index (χ0v) is 5.59. The van der Waals surface area contributed by atoms with E-state index in [0.29, 0.717) is 0 Å². The minimum absolute atomic E-state index is 0.920. The van der Waals surface area contributed by atoms with Gasteiger partial charge in [-0.3, -0.25) is 4.98 Å². The fourth-order valence-corrected chi connectivity index (χ4v) is 1.15. The Morgan fingerprint density at radius 1 is 1.60 bits per heavy atom. The zero-order chi connectivity index (χ0) is 6.97. The van der Waals surface area contributed by atoms with Crippen molar-refractivity contribution in [1.29, 1.82) is 0 Å². The van der Waals surface area contributed by atoms with Crippen molar-refractivity contribution in [3.05, 3.63) is 36.3 Å². The van der Waals surface area contributed by atoms with Crippen LogP contribution < -0.4 is 5.32 Å². The first-order chi connectivity index (χ1) is 4.86. The number of hydrogen-bond donors (Lipinski definition) is 1. The lowest BCUT2D eigenvalue weighted by Crippen LogP contribution is -1.86. The van der Waals surface area contributed by atoms with E-state index in [4.69, 9.17) is 0 Å². The van der Waals surface area contributed by atoms with Crippen molar-refractivity contribution in [2.45, 2.75) is 6.42 Å². The molecule has 0 saturated heterocycles. The molecule has 2 heteroatoms. The van der Waals surface area contributed by atoms with E-state index in [1.54, 1.807) is 6.20 Å². The highest BCUT2D eigenvalue weighted by atomic mass is 14.9. The number of aromatic nitrogens is 1. The fraction of sp³-hybridized carbons (Fsp3) is 0.125. The monoisotopic (exact) mass is 132 g/mol. The fourth-order valence-electron chi connectivity index (χ4n) is 1.15. The highest BCUT2D eigenvalue weighted by Gasteiger charge is 2.11. The molecule has 0 fully saturated rings. The third-order valence-electron chi connectivity index (χ3n) is 1.62. The number of rotatable bonds is 0. The summed E-state index contributed by atoms with van der Waals surface area (Å²) in [5.41, 5.74) is 3.45. The second kappa shape index (κ2) is 1.84. The summed E-state index contributed by atoms with van der Waals surface area (Å²) in [6.07, 6.45) is 4.58. The predicted octanol–water partition coefficient (Wildman–Crippen LogP) is 1.56. The zero-order valence-electron chi connectivity index (χ0n) is 5.59. The SMILES string of the molecule is C=C1Cc2cnccc2N1. The number of anilines is 1. The summed E-state index contributed by atoms with van der Waals surface area (Å²) in [5, 5.41) is 3.16. The Bertz CT molecular complexity index is 251. The molecule has 1 N–H and O–H groups in total. The van der Waals surface area contributed by atoms with Gasteiger partial charge in [-0.25, -0.2) is 0 Å². The van der Waals surface area contributed by atoms with E-state index in [9.17, 15) is 0 Å². The molecule has 0 bridgehead atoms. The molecule has 1 aliphatic rings. The van der Waals surface area contributed by atoms with Gasteiger partial charge in [-0.05, 0) is 11.6 Å². The molecule has 2 rings (SSSR count). The van der Waals surface area contributed by atoms with Crippen LogP contribution in [0.5, 0.6) is 0 Å². The number of allylic oxidation sites excluding steroid dienone is 1. The maximum Gasteiger partial charge on any atom is 0.0449 e.